The lowest BCUT2D eigenvalue weighted by molar-refractivity contribution is 0.407. The van der Waals surface area contributed by atoms with Crippen LogP contribution in [0.3, 0.4) is 0 Å². The summed E-state index contributed by atoms with van der Waals surface area (Å²) in [5.41, 5.74) is 1.16. The van der Waals surface area contributed by atoms with Crippen molar-refractivity contribution in [1.82, 2.24) is 25.2 Å². The van der Waals surface area contributed by atoms with Gasteiger partial charge in [-0.05, 0) is 6.42 Å². The van der Waals surface area contributed by atoms with Crippen molar-refractivity contribution in [2.24, 2.45) is 0 Å². The average Bonchev–Trinajstić information content (AvgIpc) is 2.90. The second-order valence-corrected chi connectivity index (χ2v) is 3.56. The van der Waals surface area contributed by atoms with Crippen molar-refractivity contribution >= 4 is 0 Å². The zero-order valence-corrected chi connectivity index (χ0v) is 9.26. The van der Waals surface area contributed by atoms with Gasteiger partial charge in [0, 0.05) is 24.8 Å². The van der Waals surface area contributed by atoms with E-state index in [9.17, 15) is 0 Å². The Morgan fingerprint density at radius 3 is 3.12 bits per heavy atom. The molecule has 2 heterocycles. The van der Waals surface area contributed by atoms with Crippen molar-refractivity contribution in [2.75, 3.05) is 0 Å². The second kappa shape index (κ2) is 5.41. The van der Waals surface area contributed by atoms with E-state index in [0.29, 0.717) is 12.4 Å². The van der Waals surface area contributed by atoms with Crippen LogP contribution in [-0.4, -0.2) is 19.9 Å². The maximum atomic E-state index is 4.64. The molecule has 2 aromatic rings. The van der Waals surface area contributed by atoms with Crippen molar-refractivity contribution in [2.45, 2.75) is 33.0 Å². The molecule has 6 nitrogen and oxygen atoms in total. The van der Waals surface area contributed by atoms with E-state index in [0.717, 1.165) is 25.1 Å². The van der Waals surface area contributed by atoms with Crippen LogP contribution in [0.2, 0.25) is 0 Å². The summed E-state index contributed by atoms with van der Waals surface area (Å²) in [6, 6.07) is 0. The van der Waals surface area contributed by atoms with E-state index in [1.54, 1.807) is 0 Å². The van der Waals surface area contributed by atoms with Crippen LogP contribution in [0.5, 0.6) is 0 Å². The summed E-state index contributed by atoms with van der Waals surface area (Å²) in [4.78, 5) is 3.92. The van der Waals surface area contributed by atoms with Gasteiger partial charge in [-0.15, -0.1) is 0 Å². The smallest absolute Gasteiger partial charge is 0.213 e. The van der Waals surface area contributed by atoms with E-state index >= 15 is 0 Å². The number of hydrogen-bond donors (Lipinski definition) is 1. The summed E-state index contributed by atoms with van der Waals surface area (Å²) >= 11 is 0. The van der Waals surface area contributed by atoms with Gasteiger partial charge in [-0.3, -0.25) is 4.68 Å². The van der Waals surface area contributed by atoms with Crippen LogP contribution in [0.1, 0.15) is 24.7 Å². The lowest BCUT2D eigenvalue weighted by Gasteiger charge is -1.98. The van der Waals surface area contributed by atoms with Crippen molar-refractivity contribution in [1.29, 1.82) is 0 Å². The summed E-state index contributed by atoms with van der Waals surface area (Å²) in [7, 11) is 0. The standard InChI is InChI=1S/C10H15N5O/c1-2-3-15-7-9(5-13-15)4-11-6-10-12-8-16-14-10/h5,7-8,11H,2-4,6H2,1H3. The first-order valence-electron chi connectivity index (χ1n) is 5.35. The summed E-state index contributed by atoms with van der Waals surface area (Å²) in [6.45, 7) is 4.47. The molecular weight excluding hydrogens is 206 g/mol. The van der Waals surface area contributed by atoms with Gasteiger partial charge in [0.1, 0.15) is 0 Å². The van der Waals surface area contributed by atoms with E-state index in [-0.39, 0.29) is 0 Å². The maximum absolute atomic E-state index is 4.64. The van der Waals surface area contributed by atoms with Gasteiger partial charge < -0.3 is 9.84 Å². The van der Waals surface area contributed by atoms with Gasteiger partial charge in [-0.1, -0.05) is 12.1 Å². The third-order valence-electron chi connectivity index (χ3n) is 2.16. The normalized spacial score (nSPS) is 10.8. The van der Waals surface area contributed by atoms with E-state index in [2.05, 4.69) is 32.0 Å². The Morgan fingerprint density at radius 2 is 2.38 bits per heavy atom. The van der Waals surface area contributed by atoms with E-state index in [1.165, 1.54) is 6.39 Å². The average molecular weight is 221 g/mol. The molecule has 0 atom stereocenters. The molecule has 16 heavy (non-hydrogen) atoms. The van der Waals surface area contributed by atoms with Gasteiger partial charge in [0.25, 0.3) is 0 Å². The van der Waals surface area contributed by atoms with Crippen molar-refractivity contribution < 1.29 is 4.52 Å². The van der Waals surface area contributed by atoms with Crippen LogP contribution in [0.25, 0.3) is 0 Å². The molecule has 0 aliphatic heterocycles. The maximum Gasteiger partial charge on any atom is 0.213 e. The molecule has 0 unspecified atom stereocenters. The molecule has 0 radical (unpaired) electrons. The fourth-order valence-corrected chi connectivity index (χ4v) is 1.44. The second-order valence-electron chi connectivity index (χ2n) is 3.56. The van der Waals surface area contributed by atoms with Crippen molar-refractivity contribution in [3.8, 4) is 0 Å². The Labute approximate surface area is 93.7 Å². The Morgan fingerprint density at radius 1 is 1.44 bits per heavy atom. The third kappa shape index (κ3) is 2.90. The van der Waals surface area contributed by atoms with Crippen LogP contribution in [0.4, 0.5) is 0 Å². The summed E-state index contributed by atoms with van der Waals surface area (Å²) in [5, 5.41) is 11.2. The number of nitrogens with one attached hydrogen (secondary N) is 1. The summed E-state index contributed by atoms with van der Waals surface area (Å²) < 4.78 is 6.59. The largest absolute Gasteiger partial charge is 0.343 e. The summed E-state index contributed by atoms with van der Waals surface area (Å²) in [5.74, 6) is 0.668. The van der Waals surface area contributed by atoms with Crippen LogP contribution >= 0.6 is 0 Å². The van der Waals surface area contributed by atoms with E-state index < -0.39 is 0 Å². The Kier molecular flexibility index (Phi) is 3.66. The van der Waals surface area contributed by atoms with Crippen LogP contribution in [0, 0.1) is 0 Å². The van der Waals surface area contributed by atoms with Crippen molar-refractivity contribution in [3.05, 3.63) is 30.2 Å². The number of aromatic nitrogens is 4. The van der Waals surface area contributed by atoms with Gasteiger partial charge in [-0.25, -0.2) is 0 Å². The fourth-order valence-electron chi connectivity index (χ4n) is 1.44. The highest BCUT2D eigenvalue weighted by Crippen LogP contribution is 1.98. The first-order valence-corrected chi connectivity index (χ1v) is 5.35. The monoisotopic (exact) mass is 221 g/mol. The molecule has 0 bridgehead atoms. The van der Waals surface area contributed by atoms with Gasteiger partial charge in [0.2, 0.25) is 6.39 Å². The topological polar surface area (TPSA) is 68.8 Å². The van der Waals surface area contributed by atoms with Crippen LogP contribution < -0.4 is 5.32 Å². The SMILES string of the molecule is CCCn1cc(CNCc2ncon2)cn1. The third-order valence-corrected chi connectivity index (χ3v) is 2.16. The predicted octanol–water partition coefficient (Wildman–Crippen LogP) is 0.966. The molecule has 0 aliphatic carbocycles. The molecule has 0 fully saturated rings. The molecule has 86 valence electrons. The van der Waals surface area contributed by atoms with Gasteiger partial charge in [0.15, 0.2) is 5.82 Å². The van der Waals surface area contributed by atoms with Crippen LogP contribution in [0.15, 0.2) is 23.3 Å². The lowest BCUT2D eigenvalue weighted by Crippen LogP contribution is -2.13. The Balaban J connectivity index is 1.76. The molecule has 0 saturated carbocycles. The Hall–Kier alpha value is -1.69. The fraction of sp³-hybridized carbons (Fsp3) is 0.500. The Bertz CT molecular complexity index is 409. The molecule has 0 saturated heterocycles. The number of rotatable bonds is 6. The van der Waals surface area contributed by atoms with E-state index in [4.69, 9.17) is 0 Å². The molecule has 0 aliphatic rings. The first kappa shape index (κ1) is 10.8. The molecule has 6 heteroatoms. The van der Waals surface area contributed by atoms with Gasteiger partial charge >= 0.3 is 0 Å². The quantitative estimate of drug-likeness (QED) is 0.787. The highest BCUT2D eigenvalue weighted by Gasteiger charge is 2.00. The molecule has 0 amide bonds. The minimum atomic E-state index is 0.607. The zero-order valence-electron chi connectivity index (χ0n) is 9.26. The highest BCUT2D eigenvalue weighted by molar-refractivity contribution is 5.03. The van der Waals surface area contributed by atoms with Crippen molar-refractivity contribution in [3.63, 3.8) is 0 Å². The highest BCUT2D eigenvalue weighted by atomic mass is 16.5. The molecule has 1 N–H and O–H groups in total. The number of aryl methyl sites for hydroxylation is 1. The summed E-state index contributed by atoms with van der Waals surface area (Å²) in [6.07, 6.45) is 6.35. The molecule has 2 rings (SSSR count). The molecule has 0 aromatic carbocycles. The minimum Gasteiger partial charge on any atom is -0.343 e. The predicted molar refractivity (Wildman–Crippen MR) is 57.4 cm³/mol. The van der Waals surface area contributed by atoms with Gasteiger partial charge in [0.05, 0.1) is 12.7 Å². The number of hydrogen-bond acceptors (Lipinski definition) is 5. The van der Waals surface area contributed by atoms with Gasteiger partial charge in [-0.2, -0.15) is 10.1 Å². The van der Waals surface area contributed by atoms with Crippen LogP contribution in [-0.2, 0) is 19.6 Å². The zero-order chi connectivity index (χ0) is 11.2. The molecule has 0 spiro atoms. The minimum absolute atomic E-state index is 0.607. The number of nitrogens with zero attached hydrogens (tertiary/aromatic N) is 4. The molecular formula is C10H15N5O. The van der Waals surface area contributed by atoms with E-state index in [1.807, 2.05) is 17.1 Å². The lowest BCUT2D eigenvalue weighted by atomic mass is 10.3. The molecule has 2 aromatic heterocycles. The first-order chi connectivity index (χ1) is 7.88.